The van der Waals surface area contributed by atoms with Gasteiger partial charge in [-0.05, 0) is 31.4 Å². The van der Waals surface area contributed by atoms with Gasteiger partial charge < -0.3 is 8.85 Å². The summed E-state index contributed by atoms with van der Waals surface area (Å²) in [6, 6.07) is 2.16. The molecule has 0 bridgehead atoms. The van der Waals surface area contributed by atoms with E-state index in [1.54, 1.807) is 0 Å². The molecule has 3 heteroatoms. The number of hydrogen-bond acceptors (Lipinski definition) is 2. The summed E-state index contributed by atoms with van der Waals surface area (Å²) in [5.74, 6) is 0. The first kappa shape index (κ1) is 20.1. The molecule has 0 radical (unpaired) electrons. The highest BCUT2D eigenvalue weighted by atomic mass is 28.4. The van der Waals surface area contributed by atoms with E-state index in [0.717, 1.165) is 25.1 Å². The summed E-state index contributed by atoms with van der Waals surface area (Å²) in [5.41, 5.74) is 0. The zero-order valence-electron chi connectivity index (χ0n) is 14.7. The Bertz CT molecular complexity index is 205. The summed E-state index contributed by atoms with van der Waals surface area (Å²) in [7, 11) is -1.93. The van der Waals surface area contributed by atoms with E-state index in [1.165, 1.54) is 44.9 Å². The fourth-order valence-electron chi connectivity index (χ4n) is 2.59. The molecule has 0 spiro atoms. The first-order chi connectivity index (χ1) is 9.67. The Morgan fingerprint density at radius 1 is 0.800 bits per heavy atom. The largest absolute Gasteiger partial charge is 0.394 e. The second-order valence-corrected chi connectivity index (χ2v) is 9.58. The molecule has 1 unspecified atom stereocenters. The van der Waals surface area contributed by atoms with Crippen LogP contribution >= 0.6 is 0 Å². The number of hydrogen-bond donors (Lipinski definition) is 0. The maximum atomic E-state index is 6.47. The van der Waals surface area contributed by atoms with Crippen molar-refractivity contribution in [2.45, 2.75) is 104 Å². The van der Waals surface area contributed by atoms with E-state index in [4.69, 9.17) is 8.85 Å². The van der Waals surface area contributed by atoms with Crippen molar-refractivity contribution in [1.82, 2.24) is 0 Å². The van der Waals surface area contributed by atoms with Crippen LogP contribution in [0.5, 0.6) is 0 Å². The maximum Gasteiger partial charge on any atom is 0.337 e. The van der Waals surface area contributed by atoms with Gasteiger partial charge in [0.15, 0.2) is 0 Å². The van der Waals surface area contributed by atoms with Crippen molar-refractivity contribution in [3.63, 3.8) is 0 Å². The minimum atomic E-state index is -1.93. The maximum absolute atomic E-state index is 6.47. The van der Waals surface area contributed by atoms with Gasteiger partial charge >= 0.3 is 8.56 Å². The molecule has 122 valence electrons. The zero-order chi connectivity index (χ0) is 15.3. The van der Waals surface area contributed by atoms with Crippen LogP contribution in [0.25, 0.3) is 0 Å². The average molecular weight is 303 g/mol. The van der Waals surface area contributed by atoms with Crippen LogP contribution in [0.3, 0.4) is 0 Å². The monoisotopic (exact) mass is 302 g/mol. The van der Waals surface area contributed by atoms with Gasteiger partial charge in [-0.1, -0.05) is 66.7 Å². The van der Waals surface area contributed by atoms with Crippen LogP contribution in [0, 0.1) is 0 Å². The van der Waals surface area contributed by atoms with E-state index in [0.29, 0.717) is 6.10 Å². The number of rotatable bonds is 14. The molecular weight excluding hydrogens is 264 g/mol. The standard InChI is InChI=1S/C17H38O2Si/c1-6-11-12-13-14-16-18-20(9-4,10-5)19-17(8-3)15-7-2/h17H,6-16H2,1-5H3. The van der Waals surface area contributed by atoms with E-state index in [2.05, 4.69) is 34.6 Å². The lowest BCUT2D eigenvalue weighted by Crippen LogP contribution is -2.44. The number of unbranched alkanes of at least 4 members (excludes halogenated alkanes) is 4. The summed E-state index contributed by atoms with van der Waals surface area (Å²) in [6.07, 6.45) is 10.4. The van der Waals surface area contributed by atoms with Crippen molar-refractivity contribution < 1.29 is 8.85 Å². The summed E-state index contributed by atoms with van der Waals surface area (Å²) in [6.45, 7) is 12.1. The van der Waals surface area contributed by atoms with Crippen molar-refractivity contribution in [2.75, 3.05) is 6.61 Å². The molecular formula is C17H38O2Si. The molecule has 0 rings (SSSR count). The van der Waals surface area contributed by atoms with Gasteiger partial charge in [0.25, 0.3) is 0 Å². The third-order valence-corrected chi connectivity index (χ3v) is 7.79. The van der Waals surface area contributed by atoms with Crippen molar-refractivity contribution in [3.8, 4) is 0 Å². The Labute approximate surface area is 128 Å². The molecule has 0 aliphatic carbocycles. The van der Waals surface area contributed by atoms with Crippen LogP contribution < -0.4 is 0 Å². The normalized spacial score (nSPS) is 13.7. The zero-order valence-corrected chi connectivity index (χ0v) is 15.7. The quantitative estimate of drug-likeness (QED) is 0.287. The van der Waals surface area contributed by atoms with Crippen molar-refractivity contribution in [3.05, 3.63) is 0 Å². The van der Waals surface area contributed by atoms with Crippen LogP contribution in [0.4, 0.5) is 0 Å². The first-order valence-corrected chi connectivity index (χ1v) is 11.2. The summed E-state index contributed by atoms with van der Waals surface area (Å²) in [4.78, 5) is 0. The third-order valence-electron chi connectivity index (χ3n) is 4.14. The summed E-state index contributed by atoms with van der Waals surface area (Å²) < 4.78 is 12.8. The molecule has 0 aromatic rings. The van der Waals surface area contributed by atoms with Crippen LogP contribution in [-0.2, 0) is 8.85 Å². The predicted molar refractivity (Wildman–Crippen MR) is 91.5 cm³/mol. The van der Waals surface area contributed by atoms with E-state index in [1.807, 2.05) is 0 Å². The summed E-state index contributed by atoms with van der Waals surface area (Å²) in [5, 5.41) is 0. The molecule has 0 aliphatic heterocycles. The van der Waals surface area contributed by atoms with Gasteiger partial charge in [0.05, 0.1) is 0 Å². The molecule has 0 heterocycles. The molecule has 0 aliphatic rings. The van der Waals surface area contributed by atoms with Crippen molar-refractivity contribution in [1.29, 1.82) is 0 Å². The van der Waals surface area contributed by atoms with E-state index in [9.17, 15) is 0 Å². The molecule has 20 heavy (non-hydrogen) atoms. The second kappa shape index (κ2) is 12.8. The van der Waals surface area contributed by atoms with E-state index in [-0.39, 0.29) is 0 Å². The Kier molecular flexibility index (Phi) is 12.9. The molecule has 0 fully saturated rings. The molecule has 0 saturated carbocycles. The lowest BCUT2D eigenvalue weighted by molar-refractivity contribution is 0.102. The topological polar surface area (TPSA) is 18.5 Å². The van der Waals surface area contributed by atoms with E-state index < -0.39 is 8.56 Å². The minimum Gasteiger partial charge on any atom is -0.394 e. The van der Waals surface area contributed by atoms with Gasteiger partial charge in [0.1, 0.15) is 0 Å². The van der Waals surface area contributed by atoms with Gasteiger partial charge in [0, 0.05) is 12.7 Å². The Morgan fingerprint density at radius 2 is 1.45 bits per heavy atom. The van der Waals surface area contributed by atoms with Crippen molar-refractivity contribution in [2.24, 2.45) is 0 Å². The minimum absolute atomic E-state index is 0.409. The van der Waals surface area contributed by atoms with Gasteiger partial charge in [-0.25, -0.2) is 0 Å². The van der Waals surface area contributed by atoms with Crippen LogP contribution in [0.2, 0.25) is 12.1 Å². The highest BCUT2D eigenvalue weighted by molar-refractivity contribution is 6.67. The molecule has 0 N–H and O–H groups in total. The lowest BCUT2D eigenvalue weighted by Gasteiger charge is -2.33. The van der Waals surface area contributed by atoms with E-state index >= 15 is 0 Å². The van der Waals surface area contributed by atoms with Crippen LogP contribution in [0.15, 0.2) is 0 Å². The molecule has 2 nitrogen and oxygen atoms in total. The smallest absolute Gasteiger partial charge is 0.337 e. The van der Waals surface area contributed by atoms with Crippen LogP contribution in [0.1, 0.15) is 86.0 Å². The molecule has 0 saturated heterocycles. The fraction of sp³-hybridized carbons (Fsp3) is 1.00. The summed E-state index contributed by atoms with van der Waals surface area (Å²) >= 11 is 0. The Balaban J connectivity index is 4.15. The first-order valence-electron chi connectivity index (χ1n) is 8.99. The third kappa shape index (κ3) is 8.43. The highest BCUT2D eigenvalue weighted by Crippen LogP contribution is 2.24. The van der Waals surface area contributed by atoms with Gasteiger partial charge in [-0.2, -0.15) is 0 Å². The predicted octanol–water partition coefficient (Wildman–Crippen LogP) is 6.05. The lowest BCUT2D eigenvalue weighted by atomic mass is 10.2. The Hall–Kier alpha value is 0.137. The molecule has 0 amide bonds. The molecule has 1 atom stereocenters. The van der Waals surface area contributed by atoms with Gasteiger partial charge in [-0.3, -0.25) is 0 Å². The Morgan fingerprint density at radius 3 is 1.95 bits per heavy atom. The molecule has 0 aromatic heterocycles. The van der Waals surface area contributed by atoms with Crippen LogP contribution in [-0.4, -0.2) is 21.3 Å². The second-order valence-electron chi connectivity index (χ2n) is 5.82. The SMILES string of the molecule is CCCCCCCO[Si](CC)(CC)OC(CC)CCC. The van der Waals surface area contributed by atoms with Gasteiger partial charge in [-0.15, -0.1) is 0 Å². The molecule has 0 aromatic carbocycles. The highest BCUT2D eigenvalue weighted by Gasteiger charge is 2.35. The fourth-order valence-corrected chi connectivity index (χ4v) is 5.31. The average Bonchev–Trinajstić information content (AvgIpc) is 2.48. The van der Waals surface area contributed by atoms with Gasteiger partial charge in [0.2, 0.25) is 0 Å². The van der Waals surface area contributed by atoms with Crippen molar-refractivity contribution >= 4 is 8.56 Å².